The summed E-state index contributed by atoms with van der Waals surface area (Å²) in [6.07, 6.45) is 1.12. The molecule has 1 unspecified atom stereocenters. The van der Waals surface area contributed by atoms with Crippen LogP contribution in [0.15, 0.2) is 24.3 Å². The number of anilines is 1. The van der Waals surface area contributed by atoms with Gasteiger partial charge in [0.15, 0.2) is 0 Å². The molecule has 1 saturated heterocycles. The maximum absolute atomic E-state index is 9.41. The molecule has 4 heteroatoms. The molecule has 94 valence electrons. The van der Waals surface area contributed by atoms with E-state index >= 15 is 0 Å². The molecule has 0 amide bonds. The van der Waals surface area contributed by atoms with Crippen molar-refractivity contribution < 1.29 is 5.11 Å². The highest BCUT2D eigenvalue weighted by Crippen LogP contribution is 2.20. The van der Waals surface area contributed by atoms with Gasteiger partial charge < -0.3 is 10.0 Å². The van der Waals surface area contributed by atoms with Crippen LogP contribution in [0.3, 0.4) is 0 Å². The van der Waals surface area contributed by atoms with E-state index in [0.717, 1.165) is 31.1 Å². The molecule has 1 aliphatic heterocycles. The number of nitrogens with zero attached hydrogens (tertiary/aromatic N) is 2. The molecule has 0 bridgehead atoms. The summed E-state index contributed by atoms with van der Waals surface area (Å²) in [6, 6.07) is 8.14. The van der Waals surface area contributed by atoms with Gasteiger partial charge in [0.2, 0.25) is 0 Å². The molecular weight excluding hydrogens is 236 g/mol. The summed E-state index contributed by atoms with van der Waals surface area (Å²) in [5, 5.41) is 10.2. The Kier molecular flexibility index (Phi) is 4.26. The van der Waals surface area contributed by atoms with Crippen molar-refractivity contribution in [3.8, 4) is 0 Å². The van der Waals surface area contributed by atoms with Crippen molar-refractivity contribution >= 4 is 17.3 Å². The van der Waals surface area contributed by atoms with Gasteiger partial charge in [-0.2, -0.15) is 0 Å². The molecule has 2 rings (SSSR count). The van der Waals surface area contributed by atoms with Crippen LogP contribution in [0.4, 0.5) is 5.69 Å². The molecule has 0 aromatic heterocycles. The number of hydrogen-bond acceptors (Lipinski definition) is 3. The zero-order valence-electron chi connectivity index (χ0n) is 10.1. The zero-order chi connectivity index (χ0) is 12.3. The lowest BCUT2D eigenvalue weighted by atomic mass is 10.2. The average Bonchev–Trinajstić information content (AvgIpc) is 2.52. The predicted octanol–water partition coefficient (Wildman–Crippen LogP) is 1.84. The second-order valence-electron chi connectivity index (χ2n) is 4.59. The fraction of sp³-hybridized carbons (Fsp3) is 0.538. The summed E-state index contributed by atoms with van der Waals surface area (Å²) >= 11 is 5.90. The van der Waals surface area contributed by atoms with E-state index in [-0.39, 0.29) is 12.6 Å². The molecule has 0 spiro atoms. The third kappa shape index (κ3) is 3.12. The zero-order valence-corrected chi connectivity index (χ0v) is 10.9. The standard InChI is InChI=1S/C13H19ClN2O/c1-15-7-2-8-16(9-13(15)10-17)12-5-3-11(14)4-6-12/h3-6,13,17H,2,7-10H2,1H3. The minimum Gasteiger partial charge on any atom is -0.395 e. The molecule has 1 atom stereocenters. The van der Waals surface area contributed by atoms with Crippen LogP contribution in [0.2, 0.25) is 5.02 Å². The van der Waals surface area contributed by atoms with E-state index in [9.17, 15) is 5.11 Å². The van der Waals surface area contributed by atoms with Gasteiger partial charge in [-0.3, -0.25) is 4.90 Å². The third-order valence-electron chi connectivity index (χ3n) is 3.40. The summed E-state index contributed by atoms with van der Waals surface area (Å²) in [6.45, 7) is 3.15. The van der Waals surface area contributed by atoms with E-state index in [1.165, 1.54) is 5.69 Å². The van der Waals surface area contributed by atoms with Gasteiger partial charge in [-0.25, -0.2) is 0 Å². The van der Waals surface area contributed by atoms with Crippen molar-refractivity contribution in [1.29, 1.82) is 0 Å². The first-order valence-electron chi connectivity index (χ1n) is 6.02. The predicted molar refractivity (Wildman–Crippen MR) is 71.8 cm³/mol. The molecule has 1 heterocycles. The van der Waals surface area contributed by atoms with Crippen LogP contribution >= 0.6 is 11.6 Å². The Morgan fingerprint density at radius 2 is 2.00 bits per heavy atom. The minimum atomic E-state index is 0.209. The van der Waals surface area contributed by atoms with Crippen LogP contribution in [0.25, 0.3) is 0 Å². The Bertz CT molecular complexity index is 355. The molecule has 3 nitrogen and oxygen atoms in total. The molecule has 0 aliphatic carbocycles. The minimum absolute atomic E-state index is 0.209. The van der Waals surface area contributed by atoms with E-state index in [1.54, 1.807) is 0 Å². The molecule has 0 saturated carbocycles. The van der Waals surface area contributed by atoms with Crippen molar-refractivity contribution in [3.05, 3.63) is 29.3 Å². The Balaban J connectivity index is 2.12. The number of halogens is 1. The van der Waals surface area contributed by atoms with Crippen LogP contribution in [0.1, 0.15) is 6.42 Å². The van der Waals surface area contributed by atoms with Gasteiger partial charge in [0, 0.05) is 29.8 Å². The normalized spacial score (nSPS) is 22.5. The third-order valence-corrected chi connectivity index (χ3v) is 3.65. The molecule has 1 N–H and O–H groups in total. The van der Waals surface area contributed by atoms with E-state index in [1.807, 2.05) is 24.3 Å². The van der Waals surface area contributed by atoms with Crippen LogP contribution in [0.5, 0.6) is 0 Å². The van der Waals surface area contributed by atoms with Crippen LogP contribution in [0, 0.1) is 0 Å². The number of aliphatic hydroxyl groups is 1. The van der Waals surface area contributed by atoms with Crippen molar-refractivity contribution in [1.82, 2.24) is 4.90 Å². The first kappa shape index (κ1) is 12.7. The SMILES string of the molecule is CN1CCCN(c2ccc(Cl)cc2)CC1CO. The first-order chi connectivity index (χ1) is 8.20. The van der Waals surface area contributed by atoms with E-state index < -0.39 is 0 Å². The summed E-state index contributed by atoms with van der Waals surface area (Å²) in [4.78, 5) is 4.55. The van der Waals surface area contributed by atoms with Crippen molar-refractivity contribution in [2.24, 2.45) is 0 Å². The smallest absolute Gasteiger partial charge is 0.0603 e. The maximum atomic E-state index is 9.41. The van der Waals surface area contributed by atoms with Crippen LogP contribution < -0.4 is 4.90 Å². The molecule has 1 aromatic carbocycles. The van der Waals surface area contributed by atoms with Crippen molar-refractivity contribution in [3.63, 3.8) is 0 Å². The van der Waals surface area contributed by atoms with Crippen molar-refractivity contribution in [2.75, 3.05) is 38.2 Å². The highest BCUT2D eigenvalue weighted by atomic mass is 35.5. The first-order valence-corrected chi connectivity index (χ1v) is 6.40. The lowest BCUT2D eigenvalue weighted by Gasteiger charge is -2.28. The van der Waals surface area contributed by atoms with Crippen LogP contribution in [-0.4, -0.2) is 49.3 Å². The quantitative estimate of drug-likeness (QED) is 0.873. The summed E-state index contributed by atoms with van der Waals surface area (Å²) < 4.78 is 0. The molecule has 17 heavy (non-hydrogen) atoms. The molecule has 1 aromatic rings. The van der Waals surface area contributed by atoms with Crippen molar-refractivity contribution in [2.45, 2.75) is 12.5 Å². The average molecular weight is 255 g/mol. The summed E-state index contributed by atoms with van der Waals surface area (Å²) in [5.41, 5.74) is 1.18. The molecule has 1 aliphatic rings. The van der Waals surface area contributed by atoms with E-state index in [4.69, 9.17) is 11.6 Å². The molecule has 1 fully saturated rings. The molecular formula is C13H19ClN2O. The number of aliphatic hydroxyl groups excluding tert-OH is 1. The topological polar surface area (TPSA) is 26.7 Å². The van der Waals surface area contributed by atoms with Gasteiger partial charge in [-0.05, 0) is 44.3 Å². The Hall–Kier alpha value is -0.770. The van der Waals surface area contributed by atoms with Gasteiger partial charge in [0.05, 0.1) is 6.61 Å². The highest BCUT2D eigenvalue weighted by molar-refractivity contribution is 6.30. The largest absolute Gasteiger partial charge is 0.395 e. The Morgan fingerprint density at radius 3 is 2.65 bits per heavy atom. The van der Waals surface area contributed by atoms with E-state index in [2.05, 4.69) is 16.8 Å². The second-order valence-corrected chi connectivity index (χ2v) is 5.03. The molecule has 0 radical (unpaired) electrons. The Labute approximate surface area is 108 Å². The number of hydrogen-bond donors (Lipinski definition) is 1. The van der Waals surface area contributed by atoms with Crippen LogP contribution in [-0.2, 0) is 0 Å². The summed E-state index contributed by atoms with van der Waals surface area (Å²) in [7, 11) is 2.08. The highest BCUT2D eigenvalue weighted by Gasteiger charge is 2.21. The van der Waals surface area contributed by atoms with Gasteiger partial charge in [0.25, 0.3) is 0 Å². The maximum Gasteiger partial charge on any atom is 0.0603 e. The fourth-order valence-electron chi connectivity index (χ4n) is 2.26. The number of benzene rings is 1. The van der Waals surface area contributed by atoms with Gasteiger partial charge in [-0.15, -0.1) is 0 Å². The lowest BCUT2D eigenvalue weighted by molar-refractivity contribution is 0.159. The summed E-state index contributed by atoms with van der Waals surface area (Å²) in [5.74, 6) is 0. The number of rotatable bonds is 2. The Morgan fingerprint density at radius 1 is 1.29 bits per heavy atom. The number of likely N-dealkylation sites (N-methyl/N-ethyl adjacent to an activating group) is 1. The monoisotopic (exact) mass is 254 g/mol. The lowest BCUT2D eigenvalue weighted by Crippen LogP contribution is -2.41. The van der Waals surface area contributed by atoms with Gasteiger partial charge >= 0.3 is 0 Å². The van der Waals surface area contributed by atoms with E-state index in [0.29, 0.717) is 0 Å². The second kappa shape index (κ2) is 5.71. The fourth-order valence-corrected chi connectivity index (χ4v) is 2.39. The van der Waals surface area contributed by atoms with Gasteiger partial charge in [0.1, 0.15) is 0 Å². The van der Waals surface area contributed by atoms with Gasteiger partial charge in [-0.1, -0.05) is 11.6 Å².